The first-order chi connectivity index (χ1) is 23.1. The van der Waals surface area contributed by atoms with Crippen LogP contribution in [0.3, 0.4) is 0 Å². The van der Waals surface area contributed by atoms with Gasteiger partial charge in [-0.1, -0.05) is 146 Å². The van der Waals surface area contributed by atoms with Gasteiger partial charge < -0.3 is 10.7 Å². The molecule has 8 rings (SSSR count). The number of nitrogens with one attached hydrogen (secondary N) is 2. The minimum Gasteiger partial charge on any atom is -0.354 e. The van der Waals surface area contributed by atoms with E-state index in [1.165, 1.54) is 27.1 Å². The molecule has 0 aliphatic carbocycles. The average Bonchev–Trinajstić information content (AvgIpc) is 3.13. The maximum absolute atomic E-state index is 9.44. The van der Waals surface area contributed by atoms with Crippen molar-refractivity contribution in [2.75, 3.05) is 0 Å². The molecule has 0 spiro atoms. The Morgan fingerprint density at radius 3 is 1.91 bits per heavy atom. The molecular formula is C45H36N2. The summed E-state index contributed by atoms with van der Waals surface area (Å²) in [5.74, 6) is 0. The first-order valence-corrected chi connectivity index (χ1v) is 16.1. The van der Waals surface area contributed by atoms with Crippen LogP contribution in [0.15, 0.2) is 164 Å². The van der Waals surface area contributed by atoms with E-state index in [0.29, 0.717) is 5.71 Å². The highest BCUT2D eigenvalue weighted by molar-refractivity contribution is 6.29. The highest BCUT2D eigenvalue weighted by atomic mass is 14.9. The fourth-order valence-corrected chi connectivity index (χ4v) is 6.45. The summed E-state index contributed by atoms with van der Waals surface area (Å²) >= 11 is 0. The summed E-state index contributed by atoms with van der Waals surface area (Å²) in [6.07, 6.45) is 12.2. The van der Waals surface area contributed by atoms with Gasteiger partial charge in [0.25, 0.3) is 0 Å². The lowest BCUT2D eigenvalue weighted by atomic mass is 9.89. The van der Waals surface area contributed by atoms with Crippen molar-refractivity contribution in [3.8, 4) is 11.1 Å². The van der Waals surface area contributed by atoms with Gasteiger partial charge in [-0.2, -0.15) is 0 Å². The number of hydrogen-bond acceptors (Lipinski definition) is 2. The van der Waals surface area contributed by atoms with Gasteiger partial charge in [-0.25, -0.2) is 0 Å². The van der Waals surface area contributed by atoms with Crippen molar-refractivity contribution in [2.45, 2.75) is 13.8 Å². The molecule has 2 N–H and O–H groups in total. The summed E-state index contributed by atoms with van der Waals surface area (Å²) in [5, 5.41) is 20.4. The summed E-state index contributed by atoms with van der Waals surface area (Å²) in [5.41, 5.74) is 9.05. The van der Waals surface area contributed by atoms with Crippen LogP contribution in [0.5, 0.6) is 0 Å². The summed E-state index contributed by atoms with van der Waals surface area (Å²) in [7, 11) is 0. The van der Waals surface area contributed by atoms with Crippen LogP contribution < -0.4 is 5.32 Å². The molecule has 7 aromatic rings. The summed E-state index contributed by atoms with van der Waals surface area (Å²) in [6.45, 7) is 4.00. The normalized spacial score (nSPS) is 13.6. The molecule has 0 atom stereocenters. The Bertz CT molecular complexity index is 2330. The second-order valence-corrected chi connectivity index (χ2v) is 11.7. The van der Waals surface area contributed by atoms with Gasteiger partial charge in [0, 0.05) is 22.5 Å². The van der Waals surface area contributed by atoms with Gasteiger partial charge in [0.2, 0.25) is 0 Å². The van der Waals surface area contributed by atoms with Gasteiger partial charge in [-0.05, 0) is 92.7 Å². The Morgan fingerprint density at radius 2 is 1.21 bits per heavy atom. The Hall–Kier alpha value is -5.99. The summed E-state index contributed by atoms with van der Waals surface area (Å²) in [6, 6.07) is 46.9. The molecule has 0 aromatic heterocycles. The molecule has 1 heterocycles. The summed E-state index contributed by atoms with van der Waals surface area (Å²) in [4.78, 5) is 0. The molecule has 0 amide bonds. The molecule has 0 saturated carbocycles. The second-order valence-electron chi connectivity index (χ2n) is 11.7. The maximum atomic E-state index is 9.44. The van der Waals surface area contributed by atoms with E-state index in [0.717, 1.165) is 50.0 Å². The Kier molecular flexibility index (Phi) is 8.32. The van der Waals surface area contributed by atoms with E-state index in [4.69, 9.17) is 0 Å². The lowest BCUT2D eigenvalue weighted by Crippen LogP contribution is -2.17. The van der Waals surface area contributed by atoms with Crippen LogP contribution in [0, 0.1) is 5.41 Å². The third-order valence-electron chi connectivity index (χ3n) is 8.69. The van der Waals surface area contributed by atoms with Crippen LogP contribution in [0.1, 0.15) is 36.1 Å². The molecule has 0 radical (unpaired) electrons. The van der Waals surface area contributed by atoms with E-state index in [-0.39, 0.29) is 0 Å². The van der Waals surface area contributed by atoms with E-state index in [1.807, 2.05) is 56.4 Å². The van der Waals surface area contributed by atoms with Gasteiger partial charge >= 0.3 is 0 Å². The predicted octanol–water partition coefficient (Wildman–Crippen LogP) is 11.9. The molecular weight excluding hydrogens is 569 g/mol. The minimum atomic E-state index is 0.483. The van der Waals surface area contributed by atoms with E-state index < -0.39 is 0 Å². The smallest absolute Gasteiger partial charge is 0.0639 e. The highest BCUT2D eigenvalue weighted by Crippen LogP contribution is 2.38. The van der Waals surface area contributed by atoms with Gasteiger partial charge in [0.15, 0.2) is 0 Å². The van der Waals surface area contributed by atoms with Crippen LogP contribution in [0.4, 0.5) is 0 Å². The first kappa shape index (κ1) is 29.7. The maximum Gasteiger partial charge on any atom is 0.0639 e. The van der Waals surface area contributed by atoms with Crippen molar-refractivity contribution < 1.29 is 0 Å². The number of hydrogen-bond donors (Lipinski definition) is 2. The van der Waals surface area contributed by atoms with E-state index in [9.17, 15) is 5.41 Å². The molecule has 0 saturated heterocycles. The van der Waals surface area contributed by atoms with Crippen LogP contribution in [0.2, 0.25) is 0 Å². The van der Waals surface area contributed by atoms with Gasteiger partial charge in [-0.15, -0.1) is 0 Å². The largest absolute Gasteiger partial charge is 0.354 e. The Balaban J connectivity index is 0.000000538. The molecule has 0 unspecified atom stereocenters. The van der Waals surface area contributed by atoms with Crippen LogP contribution in [-0.2, 0) is 0 Å². The molecule has 0 bridgehead atoms. The van der Waals surface area contributed by atoms with Crippen molar-refractivity contribution in [3.63, 3.8) is 0 Å². The van der Waals surface area contributed by atoms with E-state index in [1.54, 1.807) is 0 Å². The topological polar surface area (TPSA) is 35.9 Å². The minimum absolute atomic E-state index is 0.483. The number of fused-ring (bicyclic) bond motifs is 1. The van der Waals surface area contributed by atoms with Crippen molar-refractivity contribution in [1.29, 1.82) is 5.41 Å². The number of allylic oxidation sites excluding steroid dienone is 5. The zero-order valence-corrected chi connectivity index (χ0v) is 26.7. The van der Waals surface area contributed by atoms with E-state index >= 15 is 0 Å². The van der Waals surface area contributed by atoms with E-state index in [2.05, 4.69) is 133 Å². The monoisotopic (exact) mass is 604 g/mol. The van der Waals surface area contributed by atoms with Crippen molar-refractivity contribution >= 4 is 55.5 Å². The molecule has 0 fully saturated rings. The first-order valence-electron chi connectivity index (χ1n) is 16.1. The van der Waals surface area contributed by atoms with Crippen molar-refractivity contribution in [1.82, 2.24) is 5.32 Å². The summed E-state index contributed by atoms with van der Waals surface area (Å²) < 4.78 is 0. The third-order valence-corrected chi connectivity index (χ3v) is 8.69. The highest BCUT2D eigenvalue weighted by Gasteiger charge is 2.19. The molecule has 2 heteroatoms. The predicted molar refractivity (Wildman–Crippen MR) is 204 cm³/mol. The van der Waals surface area contributed by atoms with Gasteiger partial charge in [-0.3, -0.25) is 0 Å². The lowest BCUT2D eigenvalue weighted by molar-refractivity contribution is 1.22. The molecule has 2 nitrogen and oxygen atoms in total. The SMILES string of the molecule is C/C=C\C=C/C.N=C(/C=C1\NC(c2ccccc2)=Cc2ccc(-c3ccccc3)cc21)c1cc2cccc3ccc4cccc1c4c32. The fourth-order valence-electron chi connectivity index (χ4n) is 6.45. The zero-order valence-electron chi connectivity index (χ0n) is 26.7. The van der Waals surface area contributed by atoms with Crippen molar-refractivity contribution in [3.05, 3.63) is 186 Å². The number of rotatable bonds is 5. The molecule has 226 valence electrons. The third kappa shape index (κ3) is 5.90. The zero-order chi connectivity index (χ0) is 32.2. The standard InChI is InChI=1S/C39H26N2.C6H10/c40-35(34-22-31-15-7-13-27-17-18-28-14-8-16-32(34)39(28)38(27)31)24-37-33-21-29(25-9-3-1-4-10-25)19-20-30(33)23-36(41-37)26-11-5-2-6-12-26;1-3-5-6-4-2/h1-24,40-41H;3-6H,1-2H3/b37-24-,40-35?;5-3-,6-4-. The van der Waals surface area contributed by atoms with Gasteiger partial charge in [0.1, 0.15) is 0 Å². The van der Waals surface area contributed by atoms with Crippen molar-refractivity contribution in [2.24, 2.45) is 0 Å². The quantitative estimate of drug-likeness (QED) is 0.114. The van der Waals surface area contributed by atoms with Crippen LogP contribution >= 0.6 is 0 Å². The van der Waals surface area contributed by atoms with Crippen LogP contribution in [-0.4, -0.2) is 5.71 Å². The van der Waals surface area contributed by atoms with Crippen LogP contribution in [0.25, 0.3) is 60.9 Å². The average molecular weight is 605 g/mol. The fraction of sp³-hybridized carbons (Fsp3) is 0.0444. The molecule has 1 aliphatic rings. The lowest BCUT2D eigenvalue weighted by Gasteiger charge is -2.24. The molecule has 7 aromatic carbocycles. The Labute approximate surface area is 276 Å². The molecule has 1 aliphatic heterocycles. The Morgan fingerprint density at radius 1 is 0.574 bits per heavy atom. The second kappa shape index (κ2) is 13.2. The number of benzene rings is 7. The molecule has 47 heavy (non-hydrogen) atoms. The van der Waals surface area contributed by atoms with Gasteiger partial charge in [0.05, 0.1) is 5.71 Å².